The Bertz CT molecular complexity index is 2610. The molecule has 0 unspecified atom stereocenters. The average Bonchev–Trinajstić information content (AvgIpc) is 3.71. The van der Waals surface area contributed by atoms with Gasteiger partial charge in [0.15, 0.2) is 0 Å². The van der Waals surface area contributed by atoms with E-state index >= 15 is 0 Å². The Morgan fingerprint density at radius 2 is 1.06 bits per heavy atom. The fraction of sp³-hybridized carbons (Fsp3) is 0.0833. The molecule has 0 bridgehead atoms. The van der Waals surface area contributed by atoms with E-state index in [9.17, 15) is 0 Å². The van der Waals surface area contributed by atoms with Gasteiger partial charge >= 0.3 is 0 Å². The number of rotatable bonds is 5. The van der Waals surface area contributed by atoms with Crippen LogP contribution in [-0.2, 0) is 12.8 Å². The van der Waals surface area contributed by atoms with E-state index in [1.165, 1.54) is 89.1 Å². The van der Waals surface area contributed by atoms with Crippen molar-refractivity contribution in [2.45, 2.75) is 25.7 Å². The minimum absolute atomic E-state index is 1.05. The average molecular weight is 641 g/mol. The summed E-state index contributed by atoms with van der Waals surface area (Å²) in [6.07, 6.45) is 11.5. The van der Waals surface area contributed by atoms with Crippen molar-refractivity contribution in [2.75, 3.05) is 0 Å². The lowest BCUT2D eigenvalue weighted by Gasteiger charge is -2.18. The van der Waals surface area contributed by atoms with E-state index in [-0.39, 0.29) is 0 Å². The van der Waals surface area contributed by atoms with E-state index in [1.807, 2.05) is 0 Å². The maximum atomic E-state index is 2.51. The Hall–Kier alpha value is -6.12. The summed E-state index contributed by atoms with van der Waals surface area (Å²) in [7, 11) is 0. The molecule has 6 aromatic carbocycles. The summed E-state index contributed by atoms with van der Waals surface area (Å²) in [5, 5.41) is 2.58. The number of aromatic nitrogens is 2. The molecule has 2 heterocycles. The second-order valence-electron chi connectivity index (χ2n) is 13.6. The van der Waals surface area contributed by atoms with E-state index in [1.54, 1.807) is 0 Å². The minimum atomic E-state index is 1.05. The molecule has 2 heteroatoms. The van der Waals surface area contributed by atoms with Crippen LogP contribution in [0.4, 0.5) is 0 Å². The number of para-hydroxylation sites is 1. The van der Waals surface area contributed by atoms with E-state index < -0.39 is 0 Å². The van der Waals surface area contributed by atoms with Gasteiger partial charge in [0.25, 0.3) is 0 Å². The van der Waals surface area contributed by atoms with Gasteiger partial charge in [-0.15, -0.1) is 0 Å². The van der Waals surface area contributed by atoms with Crippen LogP contribution in [0.5, 0.6) is 0 Å². The highest BCUT2D eigenvalue weighted by Gasteiger charge is 2.26. The number of allylic oxidation sites excluding steroid dienone is 2. The van der Waals surface area contributed by atoms with E-state index in [2.05, 4.69) is 179 Å². The molecule has 50 heavy (non-hydrogen) atoms. The number of fused-ring (bicyclic) bond motifs is 6. The Morgan fingerprint density at radius 3 is 1.88 bits per heavy atom. The zero-order valence-electron chi connectivity index (χ0n) is 27.9. The highest BCUT2D eigenvalue weighted by Crippen LogP contribution is 2.41. The number of hydrogen-bond donors (Lipinski definition) is 0. The normalized spacial score (nSPS) is 13.7. The van der Waals surface area contributed by atoms with Crippen molar-refractivity contribution < 1.29 is 0 Å². The van der Waals surface area contributed by atoms with Crippen molar-refractivity contribution in [3.63, 3.8) is 0 Å². The summed E-state index contributed by atoms with van der Waals surface area (Å²) in [5.41, 5.74) is 18.3. The monoisotopic (exact) mass is 640 g/mol. The number of benzene rings is 6. The van der Waals surface area contributed by atoms with Gasteiger partial charge in [-0.3, -0.25) is 0 Å². The maximum absolute atomic E-state index is 2.51. The van der Waals surface area contributed by atoms with Gasteiger partial charge in [-0.05, 0) is 125 Å². The molecule has 10 rings (SSSR count). The van der Waals surface area contributed by atoms with Crippen LogP contribution in [0.1, 0.15) is 40.9 Å². The molecule has 8 aromatic rings. The SMILES string of the molecule is C1=Cc2c(c3c(n2-c2ccc(-c4ccccc4)cc2)C=C(c2ccc4c(c2)c2ccccc2n4-c2cccc(-c4ccccc4)c2)CC3)CC1. The van der Waals surface area contributed by atoms with Gasteiger partial charge in [-0.25, -0.2) is 0 Å². The van der Waals surface area contributed by atoms with Crippen LogP contribution >= 0.6 is 0 Å². The van der Waals surface area contributed by atoms with Crippen molar-refractivity contribution in [3.05, 3.63) is 186 Å². The van der Waals surface area contributed by atoms with E-state index in [4.69, 9.17) is 0 Å². The molecule has 0 saturated carbocycles. The fourth-order valence-corrected chi connectivity index (χ4v) is 8.36. The molecule has 2 aliphatic carbocycles. The second-order valence-corrected chi connectivity index (χ2v) is 13.6. The third kappa shape index (κ3) is 4.71. The topological polar surface area (TPSA) is 9.86 Å². The molecule has 0 amide bonds. The zero-order valence-corrected chi connectivity index (χ0v) is 27.9. The molecule has 0 atom stereocenters. The van der Waals surface area contributed by atoms with Gasteiger partial charge in [-0.1, -0.05) is 115 Å². The molecule has 2 aliphatic rings. The smallest absolute Gasteiger partial charge is 0.0541 e. The van der Waals surface area contributed by atoms with E-state index in [0.717, 1.165) is 25.7 Å². The molecule has 238 valence electrons. The Kier molecular flexibility index (Phi) is 6.80. The predicted octanol–water partition coefficient (Wildman–Crippen LogP) is 12.4. The van der Waals surface area contributed by atoms with Crippen LogP contribution in [0.15, 0.2) is 158 Å². The molecular weight excluding hydrogens is 605 g/mol. The lowest BCUT2D eigenvalue weighted by atomic mass is 9.88. The molecule has 0 fully saturated rings. The van der Waals surface area contributed by atoms with Crippen LogP contribution < -0.4 is 0 Å². The summed E-state index contributed by atoms with van der Waals surface area (Å²) in [6.45, 7) is 0. The van der Waals surface area contributed by atoms with Gasteiger partial charge < -0.3 is 9.13 Å². The molecule has 0 saturated heterocycles. The quantitative estimate of drug-likeness (QED) is 0.177. The van der Waals surface area contributed by atoms with Crippen molar-refractivity contribution in [1.82, 2.24) is 9.13 Å². The third-order valence-corrected chi connectivity index (χ3v) is 10.7. The molecule has 0 N–H and O–H groups in total. The predicted molar refractivity (Wildman–Crippen MR) is 211 cm³/mol. The molecule has 2 nitrogen and oxygen atoms in total. The van der Waals surface area contributed by atoms with Crippen molar-refractivity contribution in [1.29, 1.82) is 0 Å². The van der Waals surface area contributed by atoms with Crippen LogP contribution in [-0.4, -0.2) is 9.13 Å². The Labute approximate surface area is 292 Å². The van der Waals surface area contributed by atoms with Crippen molar-refractivity contribution in [3.8, 4) is 33.6 Å². The second kappa shape index (κ2) is 11.8. The van der Waals surface area contributed by atoms with Gasteiger partial charge in [0.1, 0.15) is 0 Å². The van der Waals surface area contributed by atoms with Crippen LogP contribution in [0.25, 0.3) is 73.2 Å². The van der Waals surface area contributed by atoms with Gasteiger partial charge in [-0.2, -0.15) is 0 Å². The molecule has 2 aromatic heterocycles. The zero-order chi connectivity index (χ0) is 33.0. The fourth-order valence-electron chi connectivity index (χ4n) is 8.36. The van der Waals surface area contributed by atoms with Crippen molar-refractivity contribution in [2.24, 2.45) is 0 Å². The summed E-state index contributed by atoms with van der Waals surface area (Å²) in [6, 6.07) is 55.3. The molecule has 0 aliphatic heterocycles. The molecular formula is C48H36N2. The van der Waals surface area contributed by atoms with E-state index in [0.29, 0.717) is 0 Å². The van der Waals surface area contributed by atoms with Gasteiger partial charge in [0.05, 0.1) is 11.0 Å². The van der Waals surface area contributed by atoms with Gasteiger partial charge in [0.2, 0.25) is 0 Å². The maximum Gasteiger partial charge on any atom is 0.0541 e. The van der Waals surface area contributed by atoms with Crippen LogP contribution in [0.3, 0.4) is 0 Å². The lowest BCUT2D eigenvalue weighted by molar-refractivity contribution is 0.928. The Balaban J connectivity index is 1.09. The molecule has 0 radical (unpaired) electrons. The standard InChI is InChI=1S/C48H36N2/c1-3-12-33(13-4-1)35-22-26-39(27-23-35)49-45-20-9-7-18-41(45)43-28-24-38(32-48(43)49)37-25-29-47-44(31-37)42-19-8-10-21-46(42)50(47)40-17-11-16-36(30-40)34-14-5-2-6-15-34/h1-6,8-17,19-23,25-27,29-32H,7,18,24,28H2. The first-order chi connectivity index (χ1) is 24.8. The lowest BCUT2D eigenvalue weighted by Crippen LogP contribution is -2.04. The largest absolute Gasteiger partial charge is 0.310 e. The third-order valence-electron chi connectivity index (χ3n) is 10.7. The summed E-state index contributed by atoms with van der Waals surface area (Å²) >= 11 is 0. The summed E-state index contributed by atoms with van der Waals surface area (Å²) in [4.78, 5) is 0. The first-order valence-corrected chi connectivity index (χ1v) is 17.8. The van der Waals surface area contributed by atoms with Crippen LogP contribution in [0, 0.1) is 0 Å². The highest BCUT2D eigenvalue weighted by atomic mass is 15.0. The summed E-state index contributed by atoms with van der Waals surface area (Å²) < 4.78 is 4.94. The van der Waals surface area contributed by atoms with Crippen LogP contribution in [0.2, 0.25) is 0 Å². The van der Waals surface area contributed by atoms with Gasteiger partial charge in [0, 0.05) is 33.5 Å². The Morgan fingerprint density at radius 1 is 0.400 bits per heavy atom. The first-order valence-electron chi connectivity index (χ1n) is 17.8. The number of nitrogens with zero attached hydrogens (tertiary/aromatic N) is 2. The first kappa shape index (κ1) is 28.9. The van der Waals surface area contributed by atoms with Crippen molar-refractivity contribution >= 4 is 39.5 Å². The summed E-state index contributed by atoms with van der Waals surface area (Å²) in [5.74, 6) is 0. The minimum Gasteiger partial charge on any atom is -0.310 e. The number of hydrogen-bond acceptors (Lipinski definition) is 0. The highest BCUT2D eigenvalue weighted by molar-refractivity contribution is 6.10. The molecule has 0 spiro atoms.